The molecule has 0 bridgehead atoms. The van der Waals surface area contributed by atoms with Crippen LogP contribution in [0.5, 0.6) is 5.75 Å². The van der Waals surface area contributed by atoms with Gasteiger partial charge in [0.05, 0.1) is 11.8 Å². The molecule has 0 fully saturated rings. The van der Waals surface area contributed by atoms with Crippen LogP contribution in [0.3, 0.4) is 0 Å². The molecule has 0 spiro atoms. The number of nitrogens with zero attached hydrogens (tertiary/aromatic N) is 1. The lowest BCUT2D eigenvalue weighted by molar-refractivity contribution is -0.128. The first-order chi connectivity index (χ1) is 10.2. The number of rotatable bonds is 4. The van der Waals surface area contributed by atoms with E-state index in [0.717, 1.165) is 0 Å². The van der Waals surface area contributed by atoms with E-state index in [1.807, 2.05) is 33.8 Å². The Morgan fingerprint density at radius 1 is 1.23 bits per heavy atom. The summed E-state index contributed by atoms with van der Waals surface area (Å²) in [6.07, 6.45) is -1.24. The molecule has 1 aliphatic rings. The van der Waals surface area contributed by atoms with Gasteiger partial charge in [0.25, 0.3) is 5.91 Å². The van der Waals surface area contributed by atoms with Crippen molar-refractivity contribution >= 4 is 11.6 Å². The van der Waals surface area contributed by atoms with E-state index in [1.54, 1.807) is 24.0 Å². The molecule has 3 unspecified atom stereocenters. The van der Waals surface area contributed by atoms with E-state index in [2.05, 4.69) is 0 Å². The Morgan fingerprint density at radius 3 is 2.36 bits per heavy atom. The van der Waals surface area contributed by atoms with Gasteiger partial charge in [0.1, 0.15) is 5.75 Å². The number of carbonyl (C=O) groups excluding carboxylic acids is 1. The van der Waals surface area contributed by atoms with Crippen LogP contribution in [0.2, 0.25) is 0 Å². The molecule has 3 N–H and O–H groups in total. The first-order valence-corrected chi connectivity index (χ1v) is 7.81. The lowest BCUT2D eigenvalue weighted by Gasteiger charge is -2.38. The zero-order valence-electron chi connectivity index (χ0n) is 13.9. The second-order valence-corrected chi connectivity index (χ2v) is 6.62. The summed E-state index contributed by atoms with van der Waals surface area (Å²) in [4.78, 5) is 14.5. The van der Waals surface area contributed by atoms with E-state index in [1.165, 1.54) is 0 Å². The summed E-state index contributed by atoms with van der Waals surface area (Å²) in [6, 6.07) is 5.05. The third kappa shape index (κ3) is 2.96. The maximum atomic E-state index is 12.7. The van der Waals surface area contributed by atoms with Gasteiger partial charge in [-0.1, -0.05) is 19.9 Å². The minimum Gasteiger partial charge on any atom is -0.478 e. The molecular weight excluding hydrogens is 280 g/mol. The summed E-state index contributed by atoms with van der Waals surface area (Å²) in [5.74, 6) is 0.730. The van der Waals surface area contributed by atoms with Crippen molar-refractivity contribution in [3.05, 3.63) is 23.8 Å². The number of hydrogen-bond acceptors (Lipinski definition) is 4. The maximum absolute atomic E-state index is 12.7. The summed E-state index contributed by atoms with van der Waals surface area (Å²) in [5.41, 5.74) is 7.16. The van der Waals surface area contributed by atoms with Gasteiger partial charge in [0.2, 0.25) is 0 Å². The van der Waals surface area contributed by atoms with E-state index in [0.29, 0.717) is 17.0 Å². The second kappa shape index (κ2) is 6.26. The highest BCUT2D eigenvalue weighted by Gasteiger charge is 2.37. The predicted octanol–water partition coefficient (Wildman–Crippen LogP) is 2.23. The van der Waals surface area contributed by atoms with Gasteiger partial charge < -0.3 is 20.5 Å². The average molecular weight is 306 g/mol. The number of fused-ring (bicyclic) bond motifs is 1. The fourth-order valence-electron chi connectivity index (χ4n) is 2.71. The molecule has 5 heteroatoms. The molecule has 3 atom stereocenters. The Bertz CT molecular complexity index is 555. The standard InChI is InChI=1S/C17H26N2O3/c1-9(2)16-17(21)19(10(3)4)13-8-12(15(20)11(5)18)6-7-14(13)22-16/h6-11,15-16,20H,18H2,1-5H3. The van der Waals surface area contributed by atoms with Crippen molar-refractivity contribution in [2.45, 2.75) is 58.9 Å². The minimum atomic E-state index is -0.766. The Kier molecular flexibility index (Phi) is 4.78. The maximum Gasteiger partial charge on any atom is 0.268 e. The van der Waals surface area contributed by atoms with Gasteiger partial charge in [-0.05, 0) is 44.4 Å². The molecule has 1 aromatic rings. The number of aliphatic hydroxyl groups excluding tert-OH is 1. The summed E-state index contributed by atoms with van der Waals surface area (Å²) >= 11 is 0. The number of benzene rings is 1. The molecule has 0 radical (unpaired) electrons. The molecule has 0 saturated heterocycles. The molecule has 1 aliphatic heterocycles. The van der Waals surface area contributed by atoms with Crippen LogP contribution in [-0.2, 0) is 4.79 Å². The van der Waals surface area contributed by atoms with Gasteiger partial charge in [-0.15, -0.1) is 0 Å². The van der Waals surface area contributed by atoms with E-state index in [4.69, 9.17) is 10.5 Å². The lowest BCUT2D eigenvalue weighted by Crippen LogP contribution is -2.51. The SMILES string of the molecule is CC(C)C1Oc2ccc(C(O)C(C)N)cc2N(C(C)C)C1=O. The van der Waals surface area contributed by atoms with Crippen molar-refractivity contribution in [2.24, 2.45) is 11.7 Å². The number of nitrogens with two attached hydrogens (primary N) is 1. The zero-order valence-corrected chi connectivity index (χ0v) is 13.9. The molecule has 1 amide bonds. The van der Waals surface area contributed by atoms with Crippen LogP contribution in [0, 0.1) is 5.92 Å². The predicted molar refractivity (Wildman–Crippen MR) is 86.9 cm³/mol. The highest BCUT2D eigenvalue weighted by molar-refractivity contribution is 6.00. The molecule has 0 aromatic heterocycles. The number of aliphatic hydroxyl groups is 1. The molecule has 2 rings (SSSR count). The summed E-state index contributed by atoms with van der Waals surface area (Å²) in [5, 5.41) is 10.2. The molecule has 122 valence electrons. The fourth-order valence-corrected chi connectivity index (χ4v) is 2.71. The van der Waals surface area contributed by atoms with Gasteiger partial charge in [-0.2, -0.15) is 0 Å². The van der Waals surface area contributed by atoms with Gasteiger partial charge in [0.15, 0.2) is 6.10 Å². The first kappa shape index (κ1) is 16.8. The average Bonchev–Trinajstić information content (AvgIpc) is 2.44. The highest BCUT2D eigenvalue weighted by Crippen LogP contribution is 2.38. The van der Waals surface area contributed by atoms with E-state index in [9.17, 15) is 9.90 Å². The minimum absolute atomic E-state index is 0.0130. The third-order valence-electron chi connectivity index (χ3n) is 3.94. The van der Waals surface area contributed by atoms with Crippen LogP contribution >= 0.6 is 0 Å². The van der Waals surface area contributed by atoms with E-state index >= 15 is 0 Å². The molecule has 0 saturated carbocycles. The normalized spacial score (nSPS) is 20.9. The van der Waals surface area contributed by atoms with Crippen molar-refractivity contribution in [1.82, 2.24) is 0 Å². The molecule has 1 heterocycles. The monoisotopic (exact) mass is 306 g/mol. The van der Waals surface area contributed by atoms with Crippen LogP contribution < -0.4 is 15.4 Å². The summed E-state index contributed by atoms with van der Waals surface area (Å²) < 4.78 is 5.88. The van der Waals surface area contributed by atoms with Crippen LogP contribution in [0.1, 0.15) is 46.3 Å². The van der Waals surface area contributed by atoms with Crippen molar-refractivity contribution in [3.63, 3.8) is 0 Å². The number of amides is 1. The van der Waals surface area contributed by atoms with Crippen molar-refractivity contribution in [1.29, 1.82) is 0 Å². The second-order valence-electron chi connectivity index (χ2n) is 6.62. The largest absolute Gasteiger partial charge is 0.478 e. The number of anilines is 1. The fraction of sp³-hybridized carbons (Fsp3) is 0.588. The molecular formula is C17H26N2O3. The molecule has 0 aliphatic carbocycles. The Balaban J connectivity index is 2.49. The van der Waals surface area contributed by atoms with Crippen molar-refractivity contribution < 1.29 is 14.6 Å². The zero-order chi connectivity index (χ0) is 16.6. The van der Waals surface area contributed by atoms with E-state index < -0.39 is 12.2 Å². The molecule has 1 aromatic carbocycles. The lowest BCUT2D eigenvalue weighted by atomic mass is 9.99. The molecule has 22 heavy (non-hydrogen) atoms. The van der Waals surface area contributed by atoms with Gasteiger partial charge >= 0.3 is 0 Å². The van der Waals surface area contributed by atoms with Gasteiger partial charge in [-0.3, -0.25) is 4.79 Å². The van der Waals surface area contributed by atoms with Gasteiger partial charge in [0, 0.05) is 12.1 Å². The Labute approximate surface area is 132 Å². The smallest absolute Gasteiger partial charge is 0.268 e. The quantitative estimate of drug-likeness (QED) is 0.894. The summed E-state index contributed by atoms with van der Waals surface area (Å²) in [6.45, 7) is 9.64. The summed E-state index contributed by atoms with van der Waals surface area (Å²) in [7, 11) is 0. The number of hydrogen-bond donors (Lipinski definition) is 2. The van der Waals surface area contributed by atoms with Crippen LogP contribution in [0.25, 0.3) is 0 Å². The van der Waals surface area contributed by atoms with Crippen LogP contribution in [0.4, 0.5) is 5.69 Å². The van der Waals surface area contributed by atoms with E-state index in [-0.39, 0.29) is 23.9 Å². The number of carbonyl (C=O) groups is 1. The number of ether oxygens (including phenoxy) is 1. The van der Waals surface area contributed by atoms with Crippen LogP contribution in [-0.4, -0.2) is 29.2 Å². The first-order valence-electron chi connectivity index (χ1n) is 7.81. The van der Waals surface area contributed by atoms with Crippen molar-refractivity contribution in [2.75, 3.05) is 4.90 Å². The van der Waals surface area contributed by atoms with Crippen LogP contribution in [0.15, 0.2) is 18.2 Å². The Morgan fingerprint density at radius 2 is 1.86 bits per heavy atom. The topological polar surface area (TPSA) is 75.8 Å². The van der Waals surface area contributed by atoms with Crippen molar-refractivity contribution in [3.8, 4) is 5.75 Å². The molecule has 5 nitrogen and oxygen atoms in total. The highest BCUT2D eigenvalue weighted by atomic mass is 16.5. The van der Waals surface area contributed by atoms with Gasteiger partial charge in [-0.25, -0.2) is 0 Å². The Hall–Kier alpha value is -1.59. The third-order valence-corrected chi connectivity index (χ3v) is 3.94.